The van der Waals surface area contributed by atoms with E-state index >= 15 is 0 Å². The number of benzene rings is 5. The molecule has 2 aromatic heterocycles. The van der Waals surface area contributed by atoms with Gasteiger partial charge >= 0.3 is 0 Å². The molecule has 0 aliphatic heterocycles. The Kier molecular flexibility index (Phi) is 9.49. The van der Waals surface area contributed by atoms with Crippen LogP contribution in [0.25, 0.3) is 22.5 Å². The van der Waals surface area contributed by atoms with E-state index in [9.17, 15) is 9.90 Å². The van der Waals surface area contributed by atoms with Crippen molar-refractivity contribution in [3.8, 4) is 22.5 Å². The molecule has 7 aromatic rings. The molecule has 7 rings (SSSR count). The third kappa shape index (κ3) is 6.26. The lowest BCUT2D eigenvalue weighted by Gasteiger charge is -2.36. The Labute approximate surface area is 304 Å². The summed E-state index contributed by atoms with van der Waals surface area (Å²) in [6, 6.07) is 47.8. The van der Waals surface area contributed by atoms with E-state index in [1.54, 1.807) is 13.8 Å². The van der Waals surface area contributed by atoms with Gasteiger partial charge in [0.1, 0.15) is 22.7 Å². The Hall–Kier alpha value is -5.99. The van der Waals surface area contributed by atoms with E-state index in [1.165, 1.54) is 6.92 Å². The van der Waals surface area contributed by atoms with Crippen LogP contribution in [0.5, 0.6) is 0 Å². The summed E-state index contributed by atoms with van der Waals surface area (Å²) in [5.74, 6) is 1.27. The molecule has 0 atom stereocenters. The molecule has 52 heavy (non-hydrogen) atoms. The molecule has 0 unspecified atom stereocenters. The highest BCUT2D eigenvalue weighted by Gasteiger charge is 2.42. The average Bonchev–Trinajstić information content (AvgIpc) is 3.80. The fourth-order valence-corrected chi connectivity index (χ4v) is 7.34. The Balaban J connectivity index is 1.34. The SMILES string of the molecule is CCCc1nc(C(C)=O)c(C(C)(C)O)n1Cc1ccc(-c2ccccc2-c2nnnn2C(c2ccccc2)(c2ccccc2)c2ccccc2)cc1. The van der Waals surface area contributed by atoms with Crippen LogP contribution in [0.4, 0.5) is 0 Å². The summed E-state index contributed by atoms with van der Waals surface area (Å²) in [7, 11) is 0. The van der Waals surface area contributed by atoms with Crippen molar-refractivity contribution in [3.05, 3.63) is 179 Å². The van der Waals surface area contributed by atoms with E-state index < -0.39 is 11.1 Å². The van der Waals surface area contributed by atoms with Gasteiger partial charge in [0.15, 0.2) is 11.6 Å². The zero-order valence-electron chi connectivity index (χ0n) is 29.9. The standard InChI is InChI=1S/C44H42N6O2/c1-5-17-39-45-40(31(2)51)41(43(3,4)52)49(39)30-32-26-28-33(29-27-32)37-24-15-16-25-38(37)42-46-47-48-50(42)44(34-18-9-6-10-19-34,35-20-11-7-12-21-35)36-22-13-8-14-23-36/h6-16,18-29,52H,5,17,30H2,1-4H3. The number of aliphatic hydroxyl groups is 1. The van der Waals surface area contributed by atoms with Gasteiger partial charge in [-0.2, -0.15) is 0 Å². The van der Waals surface area contributed by atoms with Crippen LogP contribution in [0.15, 0.2) is 140 Å². The van der Waals surface area contributed by atoms with Crippen molar-refractivity contribution in [2.24, 2.45) is 0 Å². The molecular weight excluding hydrogens is 645 g/mol. The molecule has 0 radical (unpaired) electrons. The predicted molar refractivity (Wildman–Crippen MR) is 204 cm³/mol. The Morgan fingerprint density at radius 3 is 1.73 bits per heavy atom. The molecule has 5 aromatic carbocycles. The first-order valence-electron chi connectivity index (χ1n) is 17.7. The number of tetrazole rings is 1. The fraction of sp³-hybridized carbons (Fsp3) is 0.205. The first kappa shape index (κ1) is 34.5. The van der Waals surface area contributed by atoms with E-state index in [4.69, 9.17) is 15.3 Å². The largest absolute Gasteiger partial charge is 0.384 e. The van der Waals surface area contributed by atoms with Crippen LogP contribution in [0.2, 0.25) is 0 Å². The lowest BCUT2D eigenvalue weighted by molar-refractivity contribution is 0.0674. The molecule has 0 fully saturated rings. The summed E-state index contributed by atoms with van der Waals surface area (Å²) in [4.78, 5) is 17.3. The lowest BCUT2D eigenvalue weighted by atomic mass is 9.77. The van der Waals surface area contributed by atoms with Gasteiger partial charge in [0.2, 0.25) is 0 Å². The molecule has 0 aliphatic carbocycles. The third-order valence-electron chi connectivity index (χ3n) is 9.57. The number of hydrogen-bond donors (Lipinski definition) is 1. The zero-order valence-corrected chi connectivity index (χ0v) is 29.9. The van der Waals surface area contributed by atoms with Crippen LogP contribution in [0, 0.1) is 0 Å². The van der Waals surface area contributed by atoms with Gasteiger partial charge in [-0.1, -0.05) is 146 Å². The summed E-state index contributed by atoms with van der Waals surface area (Å²) in [5, 5.41) is 24.9. The molecule has 0 aliphatic rings. The van der Waals surface area contributed by atoms with Crippen LogP contribution in [0.1, 0.15) is 78.4 Å². The second-order valence-corrected chi connectivity index (χ2v) is 13.6. The van der Waals surface area contributed by atoms with E-state index in [1.807, 2.05) is 39.6 Å². The number of ketones is 1. The molecule has 0 amide bonds. The number of carbonyl (C=O) groups excluding carboxylic acids is 1. The van der Waals surface area contributed by atoms with E-state index in [0.29, 0.717) is 30.2 Å². The van der Waals surface area contributed by atoms with Crippen LogP contribution in [0.3, 0.4) is 0 Å². The number of rotatable bonds is 12. The molecule has 8 heteroatoms. The Morgan fingerprint density at radius 1 is 0.712 bits per heavy atom. The number of hydrogen-bond acceptors (Lipinski definition) is 6. The molecule has 0 bridgehead atoms. The summed E-state index contributed by atoms with van der Waals surface area (Å²) in [5.41, 5.74) is 5.76. The first-order valence-corrected chi connectivity index (χ1v) is 17.7. The third-order valence-corrected chi connectivity index (χ3v) is 9.57. The molecule has 0 saturated heterocycles. The molecule has 0 saturated carbocycles. The summed E-state index contributed by atoms with van der Waals surface area (Å²) < 4.78 is 3.97. The first-order chi connectivity index (χ1) is 25.2. The normalized spacial score (nSPS) is 11.9. The molecule has 1 N–H and O–H groups in total. The van der Waals surface area contributed by atoms with E-state index in [-0.39, 0.29) is 5.78 Å². The van der Waals surface area contributed by atoms with Crippen molar-refractivity contribution in [2.45, 2.75) is 58.2 Å². The smallest absolute Gasteiger partial charge is 0.184 e. The van der Waals surface area contributed by atoms with Crippen LogP contribution < -0.4 is 0 Å². The number of Topliss-reactive ketones (excluding diaryl/α,β-unsaturated/α-hetero) is 1. The Bertz CT molecular complexity index is 2190. The lowest BCUT2D eigenvalue weighted by Crippen LogP contribution is -2.39. The monoisotopic (exact) mass is 686 g/mol. The summed E-state index contributed by atoms with van der Waals surface area (Å²) >= 11 is 0. The van der Waals surface area contributed by atoms with Crippen molar-refractivity contribution >= 4 is 5.78 Å². The highest BCUT2D eigenvalue weighted by atomic mass is 16.3. The van der Waals surface area contributed by atoms with Crippen LogP contribution >= 0.6 is 0 Å². The fourth-order valence-electron chi connectivity index (χ4n) is 7.34. The minimum atomic E-state index is -1.24. The number of nitrogens with zero attached hydrogens (tertiary/aromatic N) is 6. The van der Waals surface area contributed by atoms with Gasteiger partial charge in [-0.3, -0.25) is 4.79 Å². The van der Waals surface area contributed by atoms with Crippen molar-refractivity contribution in [2.75, 3.05) is 0 Å². The summed E-state index contributed by atoms with van der Waals surface area (Å²) in [6.45, 7) is 7.48. The number of carbonyl (C=O) groups is 1. The van der Waals surface area contributed by atoms with Crippen molar-refractivity contribution in [1.82, 2.24) is 29.8 Å². The average molecular weight is 687 g/mol. The van der Waals surface area contributed by atoms with Gasteiger partial charge in [-0.15, -0.1) is 5.10 Å². The highest BCUT2D eigenvalue weighted by molar-refractivity contribution is 5.93. The number of aryl methyl sites for hydroxylation is 1. The molecule has 8 nitrogen and oxygen atoms in total. The van der Waals surface area contributed by atoms with Crippen LogP contribution in [-0.4, -0.2) is 40.6 Å². The quantitative estimate of drug-likeness (QED) is 0.102. The molecular formula is C44H42N6O2. The Morgan fingerprint density at radius 2 is 1.23 bits per heavy atom. The van der Waals surface area contributed by atoms with Gasteiger partial charge in [-0.25, -0.2) is 9.67 Å². The number of aromatic nitrogens is 6. The molecule has 2 heterocycles. The predicted octanol–water partition coefficient (Wildman–Crippen LogP) is 8.47. The van der Waals surface area contributed by atoms with Crippen molar-refractivity contribution < 1.29 is 9.90 Å². The van der Waals surface area contributed by atoms with Crippen molar-refractivity contribution in [3.63, 3.8) is 0 Å². The molecule has 0 spiro atoms. The minimum Gasteiger partial charge on any atom is -0.384 e. The van der Waals surface area contributed by atoms with Crippen LogP contribution in [-0.2, 0) is 24.1 Å². The van der Waals surface area contributed by atoms with E-state index in [0.717, 1.165) is 51.2 Å². The van der Waals surface area contributed by atoms with Crippen molar-refractivity contribution in [1.29, 1.82) is 0 Å². The molecule has 260 valence electrons. The number of imidazole rings is 1. The summed E-state index contributed by atoms with van der Waals surface area (Å²) in [6.07, 6.45) is 1.57. The maximum atomic E-state index is 12.6. The topological polar surface area (TPSA) is 98.7 Å². The van der Waals surface area contributed by atoms with Gasteiger partial charge in [-0.05, 0) is 64.1 Å². The zero-order chi connectivity index (χ0) is 36.3. The maximum absolute atomic E-state index is 12.6. The second-order valence-electron chi connectivity index (χ2n) is 13.6. The maximum Gasteiger partial charge on any atom is 0.184 e. The highest BCUT2D eigenvalue weighted by Crippen LogP contribution is 2.43. The van der Waals surface area contributed by atoms with Gasteiger partial charge in [0.25, 0.3) is 0 Å². The minimum absolute atomic E-state index is 0.154. The van der Waals surface area contributed by atoms with E-state index in [2.05, 4.69) is 121 Å². The second kappa shape index (κ2) is 14.3. The van der Waals surface area contributed by atoms with Gasteiger partial charge < -0.3 is 9.67 Å². The van der Waals surface area contributed by atoms with Gasteiger partial charge in [0, 0.05) is 25.5 Å². The van der Waals surface area contributed by atoms with Gasteiger partial charge in [0.05, 0.1) is 5.69 Å².